The third kappa shape index (κ3) is 2.94. The molecule has 0 saturated heterocycles. The first kappa shape index (κ1) is 13.6. The number of rotatable bonds is 3. The molecule has 0 bridgehead atoms. The minimum absolute atomic E-state index is 0.158. The summed E-state index contributed by atoms with van der Waals surface area (Å²) >= 11 is 11.0. The number of thiophene rings is 1. The van der Waals surface area contributed by atoms with E-state index in [1.807, 2.05) is 24.4 Å². The van der Waals surface area contributed by atoms with E-state index in [4.69, 9.17) is 11.6 Å². The molecule has 0 atom stereocenters. The molecule has 2 aromatic rings. The molecule has 2 nitrogen and oxygen atoms in total. The van der Waals surface area contributed by atoms with E-state index in [-0.39, 0.29) is 5.91 Å². The molecule has 18 heavy (non-hydrogen) atoms. The summed E-state index contributed by atoms with van der Waals surface area (Å²) in [5.74, 6) is -0.158. The molecule has 0 aliphatic carbocycles. The zero-order valence-corrected chi connectivity index (χ0v) is 12.8. The summed E-state index contributed by atoms with van der Waals surface area (Å²) in [5, 5.41) is 5.34. The Balaban J connectivity index is 2.09. The summed E-state index contributed by atoms with van der Waals surface area (Å²) in [6, 6.07) is 7.35. The second kappa shape index (κ2) is 5.87. The van der Waals surface area contributed by atoms with E-state index < -0.39 is 0 Å². The fraction of sp³-hybridized carbons (Fsp3) is 0.154. The Morgan fingerprint density at radius 1 is 1.44 bits per heavy atom. The number of carbonyl (C=O) groups excluding carboxylic acids is 1. The second-order valence-corrected chi connectivity index (χ2v) is 6.04. The van der Waals surface area contributed by atoms with Crippen LogP contribution in [0.1, 0.15) is 20.8 Å². The third-order valence-corrected chi connectivity index (χ3v) is 4.89. The number of nitrogens with one attached hydrogen (secondary N) is 1. The first-order valence-corrected chi connectivity index (χ1v) is 7.40. The fourth-order valence-corrected chi connectivity index (χ4v) is 2.94. The molecule has 1 N–H and O–H groups in total. The van der Waals surface area contributed by atoms with Gasteiger partial charge < -0.3 is 5.32 Å². The van der Waals surface area contributed by atoms with Crippen LogP contribution in [0.3, 0.4) is 0 Å². The quantitative estimate of drug-likeness (QED) is 0.878. The predicted octanol–water partition coefficient (Wildman–Crippen LogP) is 4.40. The van der Waals surface area contributed by atoms with Crippen molar-refractivity contribution in [3.63, 3.8) is 0 Å². The molecular weight excluding hydrogens is 334 g/mol. The van der Waals surface area contributed by atoms with Crippen molar-refractivity contribution in [3.05, 3.63) is 55.1 Å². The maximum Gasteiger partial charge on any atom is 0.253 e. The van der Waals surface area contributed by atoms with Crippen LogP contribution in [0.25, 0.3) is 0 Å². The monoisotopic (exact) mass is 343 g/mol. The van der Waals surface area contributed by atoms with Crippen molar-refractivity contribution in [2.75, 3.05) is 0 Å². The average molecular weight is 345 g/mol. The molecular formula is C13H11BrClNOS. The van der Waals surface area contributed by atoms with E-state index >= 15 is 0 Å². The van der Waals surface area contributed by atoms with E-state index in [1.54, 1.807) is 23.5 Å². The standard InChI is InChI=1S/C13H11BrClNOS/c1-8-5-6-18-11(8)7-16-13(17)9-3-2-4-10(14)12(9)15/h2-6H,7H2,1H3,(H,16,17). The van der Waals surface area contributed by atoms with Gasteiger partial charge in [-0.05, 0) is 52.0 Å². The van der Waals surface area contributed by atoms with Crippen LogP contribution in [0.2, 0.25) is 5.02 Å². The Hall–Kier alpha value is -0.840. The van der Waals surface area contributed by atoms with Crippen LogP contribution in [-0.2, 0) is 6.54 Å². The Morgan fingerprint density at radius 3 is 2.89 bits per heavy atom. The highest BCUT2D eigenvalue weighted by Crippen LogP contribution is 2.26. The predicted molar refractivity (Wildman–Crippen MR) is 79.4 cm³/mol. The maximum absolute atomic E-state index is 12.0. The van der Waals surface area contributed by atoms with E-state index in [2.05, 4.69) is 21.2 Å². The minimum Gasteiger partial charge on any atom is -0.347 e. The number of hydrogen-bond acceptors (Lipinski definition) is 2. The molecule has 2 rings (SSSR count). The lowest BCUT2D eigenvalue weighted by molar-refractivity contribution is 0.0951. The first-order chi connectivity index (χ1) is 8.59. The Kier molecular flexibility index (Phi) is 4.43. The van der Waals surface area contributed by atoms with Gasteiger partial charge in [0.15, 0.2) is 0 Å². The summed E-state index contributed by atoms with van der Waals surface area (Å²) in [5.41, 5.74) is 1.68. The number of benzene rings is 1. The van der Waals surface area contributed by atoms with Gasteiger partial charge in [0.05, 0.1) is 17.1 Å². The van der Waals surface area contributed by atoms with Crippen molar-refractivity contribution >= 4 is 44.8 Å². The van der Waals surface area contributed by atoms with Gasteiger partial charge in [0, 0.05) is 9.35 Å². The summed E-state index contributed by atoms with van der Waals surface area (Å²) < 4.78 is 0.726. The van der Waals surface area contributed by atoms with Crippen molar-refractivity contribution < 1.29 is 4.79 Å². The van der Waals surface area contributed by atoms with Crippen LogP contribution in [-0.4, -0.2) is 5.91 Å². The molecule has 1 amide bonds. The molecule has 0 aliphatic rings. The molecule has 0 saturated carbocycles. The third-order valence-electron chi connectivity index (χ3n) is 2.57. The van der Waals surface area contributed by atoms with E-state index in [0.29, 0.717) is 17.1 Å². The van der Waals surface area contributed by atoms with Gasteiger partial charge in [-0.15, -0.1) is 11.3 Å². The lowest BCUT2D eigenvalue weighted by atomic mass is 10.2. The van der Waals surface area contributed by atoms with Gasteiger partial charge in [0.1, 0.15) is 0 Å². The second-order valence-electron chi connectivity index (χ2n) is 3.81. The molecule has 5 heteroatoms. The Bertz CT molecular complexity index is 582. The molecule has 1 aromatic heterocycles. The number of amides is 1. The average Bonchev–Trinajstić information content (AvgIpc) is 2.75. The van der Waals surface area contributed by atoms with Crippen molar-refractivity contribution in [1.82, 2.24) is 5.32 Å². The van der Waals surface area contributed by atoms with Gasteiger partial charge in [-0.25, -0.2) is 0 Å². The smallest absolute Gasteiger partial charge is 0.253 e. The normalized spacial score (nSPS) is 10.4. The summed E-state index contributed by atoms with van der Waals surface area (Å²) in [7, 11) is 0. The van der Waals surface area contributed by atoms with Crippen molar-refractivity contribution in [2.45, 2.75) is 13.5 Å². The number of aryl methyl sites for hydroxylation is 1. The molecule has 1 heterocycles. The van der Waals surface area contributed by atoms with Crippen LogP contribution in [0, 0.1) is 6.92 Å². The largest absolute Gasteiger partial charge is 0.347 e. The summed E-state index contributed by atoms with van der Waals surface area (Å²) in [4.78, 5) is 13.2. The van der Waals surface area contributed by atoms with Crippen molar-refractivity contribution in [3.8, 4) is 0 Å². The van der Waals surface area contributed by atoms with E-state index in [9.17, 15) is 4.79 Å². The van der Waals surface area contributed by atoms with Crippen molar-refractivity contribution in [1.29, 1.82) is 0 Å². The van der Waals surface area contributed by atoms with Crippen LogP contribution in [0.5, 0.6) is 0 Å². The first-order valence-electron chi connectivity index (χ1n) is 5.35. The number of halogens is 2. The molecule has 1 aromatic carbocycles. The highest BCUT2D eigenvalue weighted by Gasteiger charge is 2.12. The summed E-state index contributed by atoms with van der Waals surface area (Å²) in [6.45, 7) is 2.56. The Labute approximate surface area is 123 Å². The lowest BCUT2D eigenvalue weighted by Gasteiger charge is -2.07. The van der Waals surface area contributed by atoms with Crippen molar-refractivity contribution in [2.24, 2.45) is 0 Å². The lowest BCUT2D eigenvalue weighted by Crippen LogP contribution is -2.23. The zero-order valence-electron chi connectivity index (χ0n) is 9.67. The van der Waals surface area contributed by atoms with Gasteiger partial charge in [-0.3, -0.25) is 4.79 Å². The van der Waals surface area contributed by atoms with Gasteiger partial charge in [-0.1, -0.05) is 17.7 Å². The minimum atomic E-state index is -0.158. The molecule has 0 radical (unpaired) electrons. The zero-order chi connectivity index (χ0) is 13.1. The Morgan fingerprint density at radius 2 is 2.22 bits per heavy atom. The number of hydrogen-bond donors (Lipinski definition) is 1. The van der Waals surface area contributed by atoms with E-state index in [1.165, 1.54) is 5.56 Å². The molecule has 94 valence electrons. The highest BCUT2D eigenvalue weighted by atomic mass is 79.9. The molecule has 0 fully saturated rings. The van der Waals surface area contributed by atoms with Crippen LogP contribution in [0.15, 0.2) is 34.1 Å². The van der Waals surface area contributed by atoms with Crippen LogP contribution in [0.4, 0.5) is 0 Å². The number of carbonyl (C=O) groups is 1. The van der Waals surface area contributed by atoms with E-state index in [0.717, 1.165) is 9.35 Å². The fourth-order valence-electron chi connectivity index (χ4n) is 1.52. The van der Waals surface area contributed by atoms with Gasteiger partial charge in [-0.2, -0.15) is 0 Å². The highest BCUT2D eigenvalue weighted by molar-refractivity contribution is 9.10. The van der Waals surface area contributed by atoms with Gasteiger partial charge >= 0.3 is 0 Å². The maximum atomic E-state index is 12.0. The molecule has 0 unspecified atom stereocenters. The summed E-state index contributed by atoms with van der Waals surface area (Å²) in [6.07, 6.45) is 0. The molecule has 0 spiro atoms. The topological polar surface area (TPSA) is 29.1 Å². The van der Waals surface area contributed by atoms with Gasteiger partial charge in [0.2, 0.25) is 0 Å². The van der Waals surface area contributed by atoms with Crippen LogP contribution >= 0.6 is 38.9 Å². The van der Waals surface area contributed by atoms with Crippen LogP contribution < -0.4 is 5.32 Å². The SMILES string of the molecule is Cc1ccsc1CNC(=O)c1cccc(Br)c1Cl. The van der Waals surface area contributed by atoms with Gasteiger partial charge in [0.25, 0.3) is 5.91 Å². The molecule has 0 aliphatic heterocycles.